The lowest BCUT2D eigenvalue weighted by molar-refractivity contribution is 0.443. The molecule has 0 unspecified atom stereocenters. The minimum Gasteiger partial charge on any atom is -0.506 e. The first kappa shape index (κ1) is 15.3. The number of rotatable bonds is 1. The van der Waals surface area contributed by atoms with Crippen molar-refractivity contribution in [3.8, 4) is 5.75 Å². The third kappa shape index (κ3) is 3.30. The topological polar surface area (TPSA) is 138 Å². The Morgan fingerprint density at radius 2 is 1.71 bits per heavy atom. The van der Waals surface area contributed by atoms with Crippen molar-refractivity contribution in [1.29, 1.82) is 0 Å². The van der Waals surface area contributed by atoms with Gasteiger partial charge in [0, 0.05) is 0 Å². The molecule has 1 rings (SSSR count). The van der Waals surface area contributed by atoms with Crippen LogP contribution in [0.3, 0.4) is 0 Å². The summed E-state index contributed by atoms with van der Waals surface area (Å²) in [7, 11) is -4.30. The molecule has 0 bridgehead atoms. The monoisotopic (exact) mass is 224 g/mol. The van der Waals surface area contributed by atoms with Crippen molar-refractivity contribution >= 4 is 10.1 Å². The minimum atomic E-state index is -4.30. The zero-order valence-electron chi connectivity index (χ0n) is 7.35. The molecule has 6 N–H and O–H groups in total. The summed E-state index contributed by atoms with van der Waals surface area (Å²) in [6.07, 6.45) is 0. The van der Waals surface area contributed by atoms with Gasteiger partial charge in [-0.3, -0.25) is 4.55 Å². The van der Waals surface area contributed by atoms with E-state index in [0.717, 1.165) is 11.6 Å². The van der Waals surface area contributed by atoms with Gasteiger partial charge < -0.3 is 16.1 Å². The molecule has 1 aromatic rings. The number of aromatic hydroxyl groups is 1. The second-order valence-electron chi connectivity index (χ2n) is 2.45. The Morgan fingerprint density at radius 3 is 2.07 bits per heavy atom. The van der Waals surface area contributed by atoms with Crippen molar-refractivity contribution in [2.75, 3.05) is 0 Å². The van der Waals surface area contributed by atoms with E-state index in [1.807, 2.05) is 0 Å². The molecule has 0 aliphatic heterocycles. The van der Waals surface area contributed by atoms with Crippen molar-refractivity contribution in [3.05, 3.63) is 23.8 Å². The summed E-state index contributed by atoms with van der Waals surface area (Å²) in [4.78, 5) is -0.465. The fourth-order valence-electron chi connectivity index (χ4n) is 0.846. The Balaban J connectivity index is 0. The molecule has 0 heterocycles. The van der Waals surface area contributed by atoms with E-state index in [1.54, 1.807) is 6.92 Å². The van der Waals surface area contributed by atoms with Gasteiger partial charge in [0.15, 0.2) is 0 Å². The van der Waals surface area contributed by atoms with Crippen LogP contribution in [0.1, 0.15) is 5.56 Å². The molecule has 0 aliphatic carbocycles. The Morgan fingerprint density at radius 1 is 1.21 bits per heavy atom. The van der Waals surface area contributed by atoms with Gasteiger partial charge in [0.1, 0.15) is 10.6 Å². The second kappa shape index (κ2) is 4.91. The highest BCUT2D eigenvalue weighted by atomic mass is 32.2. The summed E-state index contributed by atoms with van der Waals surface area (Å²) in [6, 6.07) is 3.91. The van der Waals surface area contributed by atoms with Crippen LogP contribution in [-0.4, -0.2) is 29.0 Å². The van der Waals surface area contributed by atoms with Crippen LogP contribution in [0.5, 0.6) is 5.75 Å². The summed E-state index contributed by atoms with van der Waals surface area (Å²) in [5.74, 6) is -0.433. The molecule has 0 saturated carbocycles. The van der Waals surface area contributed by atoms with Crippen LogP contribution in [0.2, 0.25) is 0 Å². The number of phenolic OH excluding ortho intramolecular Hbond substituents is 1. The number of benzene rings is 1. The number of hydrogen-bond donors (Lipinski definition) is 2. The minimum absolute atomic E-state index is 0. The molecule has 0 saturated heterocycles. The lowest BCUT2D eigenvalue weighted by Crippen LogP contribution is -1.98. The smallest absolute Gasteiger partial charge is 0.298 e. The predicted molar refractivity (Wildman–Crippen MR) is 49.9 cm³/mol. The average Bonchev–Trinajstić information content (AvgIpc) is 1.83. The van der Waals surface area contributed by atoms with Crippen LogP contribution in [-0.2, 0) is 10.1 Å². The number of hydrogen-bond acceptors (Lipinski definition) is 3. The molecular formula is C7H12O6S. The van der Waals surface area contributed by atoms with Gasteiger partial charge in [-0.05, 0) is 24.6 Å². The lowest BCUT2D eigenvalue weighted by atomic mass is 10.2. The lowest BCUT2D eigenvalue weighted by Gasteiger charge is -2.00. The molecule has 82 valence electrons. The molecule has 7 heteroatoms. The molecular weight excluding hydrogens is 212 g/mol. The molecule has 0 aliphatic rings. The van der Waals surface area contributed by atoms with Crippen molar-refractivity contribution in [2.24, 2.45) is 0 Å². The van der Waals surface area contributed by atoms with Crippen LogP contribution in [0.25, 0.3) is 0 Å². The van der Waals surface area contributed by atoms with Crippen LogP contribution >= 0.6 is 0 Å². The zero-order chi connectivity index (χ0) is 9.35. The van der Waals surface area contributed by atoms with Gasteiger partial charge in [-0.25, -0.2) is 0 Å². The molecule has 0 radical (unpaired) electrons. The van der Waals surface area contributed by atoms with Gasteiger partial charge in [-0.2, -0.15) is 8.42 Å². The molecule has 0 spiro atoms. The Bertz CT molecular complexity index is 397. The largest absolute Gasteiger partial charge is 0.506 e. The summed E-state index contributed by atoms with van der Waals surface area (Å²) < 4.78 is 29.7. The standard InChI is InChI=1S/C7H8O4S.2H2O/c1-5-2-3-7(6(8)4-5)12(9,10)11;;/h2-4,8H,1H3,(H,9,10,11);2*1H2. The van der Waals surface area contributed by atoms with E-state index >= 15 is 0 Å². The van der Waals surface area contributed by atoms with Crippen LogP contribution in [0.15, 0.2) is 23.1 Å². The Hall–Kier alpha value is -1.15. The second-order valence-corrected chi connectivity index (χ2v) is 3.84. The van der Waals surface area contributed by atoms with Crippen molar-refractivity contribution in [2.45, 2.75) is 11.8 Å². The highest BCUT2D eigenvalue weighted by Crippen LogP contribution is 2.22. The maximum atomic E-state index is 10.6. The number of aryl methyl sites for hydroxylation is 1. The molecule has 0 fully saturated rings. The average molecular weight is 224 g/mol. The molecule has 0 atom stereocenters. The number of phenols is 1. The maximum absolute atomic E-state index is 10.6. The van der Waals surface area contributed by atoms with E-state index in [9.17, 15) is 8.42 Å². The van der Waals surface area contributed by atoms with E-state index < -0.39 is 20.8 Å². The fourth-order valence-corrected chi connectivity index (χ4v) is 1.41. The third-order valence-corrected chi connectivity index (χ3v) is 2.29. The molecule has 6 nitrogen and oxygen atoms in total. The summed E-state index contributed by atoms with van der Waals surface area (Å²) in [5.41, 5.74) is 0.722. The van der Waals surface area contributed by atoms with Crippen LogP contribution in [0, 0.1) is 6.92 Å². The van der Waals surface area contributed by atoms with Gasteiger partial charge in [-0.1, -0.05) is 6.07 Å². The first-order valence-electron chi connectivity index (χ1n) is 3.18. The predicted octanol–water partition coefficient (Wildman–Crippen LogP) is -0.702. The molecule has 14 heavy (non-hydrogen) atoms. The van der Waals surface area contributed by atoms with Crippen molar-refractivity contribution < 1.29 is 29.0 Å². The SMILES string of the molecule is Cc1ccc(S(=O)(=O)O)c(O)c1.O.O. The highest BCUT2D eigenvalue weighted by Gasteiger charge is 2.14. The quantitative estimate of drug-likeness (QED) is 0.609. The summed E-state index contributed by atoms with van der Waals surface area (Å²) in [6.45, 7) is 1.70. The highest BCUT2D eigenvalue weighted by molar-refractivity contribution is 7.86. The molecule has 0 amide bonds. The first-order chi connectivity index (χ1) is 5.41. The first-order valence-corrected chi connectivity index (χ1v) is 4.62. The van der Waals surface area contributed by atoms with Gasteiger partial charge >= 0.3 is 0 Å². The normalized spacial score (nSPS) is 9.86. The molecule has 0 aromatic heterocycles. The van der Waals surface area contributed by atoms with E-state index in [4.69, 9.17) is 9.66 Å². The van der Waals surface area contributed by atoms with Gasteiger partial charge in [-0.15, -0.1) is 0 Å². The Kier molecular flexibility index (Phi) is 5.38. The van der Waals surface area contributed by atoms with Gasteiger partial charge in [0.25, 0.3) is 10.1 Å². The van der Waals surface area contributed by atoms with Crippen LogP contribution < -0.4 is 0 Å². The van der Waals surface area contributed by atoms with Crippen molar-refractivity contribution in [3.63, 3.8) is 0 Å². The van der Waals surface area contributed by atoms with E-state index in [-0.39, 0.29) is 11.0 Å². The van der Waals surface area contributed by atoms with Gasteiger partial charge in [0.05, 0.1) is 0 Å². The van der Waals surface area contributed by atoms with Crippen molar-refractivity contribution in [1.82, 2.24) is 0 Å². The van der Waals surface area contributed by atoms with E-state index in [2.05, 4.69) is 0 Å². The van der Waals surface area contributed by atoms with E-state index in [1.165, 1.54) is 12.1 Å². The molecule has 1 aromatic carbocycles. The fraction of sp³-hybridized carbons (Fsp3) is 0.143. The van der Waals surface area contributed by atoms with Gasteiger partial charge in [0.2, 0.25) is 0 Å². The third-order valence-electron chi connectivity index (χ3n) is 1.39. The maximum Gasteiger partial charge on any atom is 0.298 e. The summed E-state index contributed by atoms with van der Waals surface area (Å²) >= 11 is 0. The Labute approximate surface area is 81.2 Å². The zero-order valence-corrected chi connectivity index (χ0v) is 8.17. The summed E-state index contributed by atoms with van der Waals surface area (Å²) in [5, 5.41) is 9.09. The van der Waals surface area contributed by atoms with Crippen LogP contribution in [0.4, 0.5) is 0 Å². The van der Waals surface area contributed by atoms with E-state index in [0.29, 0.717) is 0 Å².